The van der Waals surface area contributed by atoms with Crippen LogP contribution in [-0.4, -0.2) is 34.2 Å². The van der Waals surface area contributed by atoms with Gasteiger partial charge in [-0.1, -0.05) is 12.2 Å². The highest BCUT2D eigenvalue weighted by atomic mass is 16.6. The molecule has 2 N–H and O–H groups in total. The summed E-state index contributed by atoms with van der Waals surface area (Å²) in [6.45, 7) is 1.71. The van der Waals surface area contributed by atoms with Crippen molar-refractivity contribution in [2.75, 3.05) is 0 Å². The minimum atomic E-state index is -1.24. The van der Waals surface area contributed by atoms with Gasteiger partial charge in [0.25, 0.3) is 0 Å². The average Bonchev–Trinajstić information content (AvgIpc) is 2.56. The molecule has 2 saturated heterocycles. The number of carbonyl (C=O) groups excluding carboxylic acids is 2. The summed E-state index contributed by atoms with van der Waals surface area (Å²) in [6, 6.07) is 0. The third-order valence-electron chi connectivity index (χ3n) is 4.45. The number of hydrogen-bond acceptors (Lipinski definition) is 4. The molecule has 5 nitrogen and oxygen atoms in total. The van der Waals surface area contributed by atoms with Crippen LogP contribution in [0.4, 0.5) is 0 Å². The van der Waals surface area contributed by atoms with E-state index < -0.39 is 23.2 Å². The van der Waals surface area contributed by atoms with Gasteiger partial charge in [-0.25, -0.2) is 4.79 Å². The normalized spacial score (nSPS) is 43.8. The molecule has 0 unspecified atom stereocenters. The number of amides is 1. The molecule has 2 aliphatic heterocycles. The van der Waals surface area contributed by atoms with Crippen molar-refractivity contribution >= 4 is 11.9 Å². The number of allylic oxidation sites excluding steroid dienone is 1. The van der Waals surface area contributed by atoms with Gasteiger partial charge in [-0.05, 0) is 26.2 Å². The minimum absolute atomic E-state index is 0.0932. The zero-order valence-corrected chi connectivity index (χ0v) is 10.3. The van der Waals surface area contributed by atoms with Gasteiger partial charge >= 0.3 is 5.97 Å². The lowest BCUT2D eigenvalue weighted by Gasteiger charge is -2.53. The number of aliphatic hydroxyl groups is 1. The number of rotatable bonds is 2. The lowest BCUT2D eigenvalue weighted by atomic mass is 9.68. The van der Waals surface area contributed by atoms with E-state index in [1.54, 1.807) is 6.92 Å². The molecule has 98 valence electrons. The molecule has 0 radical (unpaired) electrons. The van der Waals surface area contributed by atoms with Crippen molar-refractivity contribution in [3.05, 3.63) is 12.2 Å². The van der Waals surface area contributed by atoms with Gasteiger partial charge in [0.15, 0.2) is 5.60 Å². The van der Waals surface area contributed by atoms with Crippen LogP contribution < -0.4 is 5.32 Å². The fraction of sp³-hybridized carbons (Fsp3) is 0.692. The number of ether oxygens (including phenoxy) is 1. The van der Waals surface area contributed by atoms with E-state index in [9.17, 15) is 14.7 Å². The Morgan fingerprint density at radius 3 is 2.89 bits per heavy atom. The second kappa shape index (κ2) is 3.57. The van der Waals surface area contributed by atoms with Gasteiger partial charge in [0.2, 0.25) is 11.4 Å². The Labute approximate surface area is 105 Å². The van der Waals surface area contributed by atoms with Crippen LogP contribution in [0.3, 0.4) is 0 Å². The lowest BCUT2D eigenvalue weighted by Crippen LogP contribution is -2.79. The van der Waals surface area contributed by atoms with Gasteiger partial charge in [-0.15, -0.1) is 0 Å². The highest BCUT2D eigenvalue weighted by molar-refractivity contribution is 6.00. The number of esters is 1. The maximum absolute atomic E-state index is 11.8. The summed E-state index contributed by atoms with van der Waals surface area (Å²) in [5.74, 6) is -0.839. The minimum Gasteiger partial charge on any atom is -0.454 e. The zero-order valence-electron chi connectivity index (χ0n) is 10.3. The largest absolute Gasteiger partial charge is 0.454 e. The predicted molar refractivity (Wildman–Crippen MR) is 62.5 cm³/mol. The van der Waals surface area contributed by atoms with Crippen LogP contribution in [0.15, 0.2) is 12.2 Å². The molecule has 0 aromatic carbocycles. The Morgan fingerprint density at radius 2 is 2.33 bits per heavy atom. The molecule has 3 aliphatic rings. The number of aliphatic hydroxyl groups excluding tert-OH is 1. The molecule has 1 aliphatic carbocycles. The number of carbonyl (C=O) groups is 2. The van der Waals surface area contributed by atoms with Gasteiger partial charge in [0.05, 0.1) is 12.5 Å². The van der Waals surface area contributed by atoms with Gasteiger partial charge in [-0.2, -0.15) is 0 Å². The molecule has 18 heavy (non-hydrogen) atoms. The summed E-state index contributed by atoms with van der Waals surface area (Å²) in [5, 5.41) is 13.2. The Kier molecular flexibility index (Phi) is 2.32. The lowest BCUT2D eigenvalue weighted by molar-refractivity contribution is -0.229. The maximum Gasteiger partial charge on any atom is 0.339 e. The second-order valence-electron chi connectivity index (χ2n) is 5.62. The molecular weight excluding hydrogens is 234 g/mol. The van der Waals surface area contributed by atoms with E-state index in [1.807, 2.05) is 12.2 Å². The van der Waals surface area contributed by atoms with E-state index in [2.05, 4.69) is 5.32 Å². The smallest absolute Gasteiger partial charge is 0.339 e. The van der Waals surface area contributed by atoms with E-state index in [0.29, 0.717) is 0 Å². The first-order valence-electron chi connectivity index (χ1n) is 6.39. The number of nitrogens with one attached hydrogen (secondary N) is 1. The predicted octanol–water partition coefficient (Wildman–Crippen LogP) is 0.278. The summed E-state index contributed by atoms with van der Waals surface area (Å²) >= 11 is 0. The summed E-state index contributed by atoms with van der Waals surface area (Å²) in [4.78, 5) is 23.4. The zero-order chi connectivity index (χ0) is 13.0. The van der Waals surface area contributed by atoms with Gasteiger partial charge in [0.1, 0.15) is 0 Å². The summed E-state index contributed by atoms with van der Waals surface area (Å²) in [5.41, 5.74) is -2.14. The summed E-state index contributed by atoms with van der Waals surface area (Å²) in [7, 11) is 0. The number of hydrogen-bond donors (Lipinski definition) is 2. The standard InChI is InChI=1S/C13H17NO4/c1-12-7-9(15)14-13(12,11(17)18-12)10(16)8-5-3-2-4-6-8/h3,5,8,10,16H,2,4,6-7H2,1H3,(H,14,15)/t8-,10+,12+,13+/m1/s1. The van der Waals surface area contributed by atoms with Crippen molar-refractivity contribution in [2.24, 2.45) is 5.92 Å². The molecular formula is C13H17NO4. The van der Waals surface area contributed by atoms with Crippen LogP contribution in [0.5, 0.6) is 0 Å². The van der Waals surface area contributed by atoms with Gasteiger partial charge in [0, 0.05) is 5.92 Å². The average molecular weight is 251 g/mol. The van der Waals surface area contributed by atoms with Crippen molar-refractivity contribution in [3.8, 4) is 0 Å². The highest BCUT2D eigenvalue weighted by Gasteiger charge is 2.75. The second-order valence-corrected chi connectivity index (χ2v) is 5.62. The monoisotopic (exact) mass is 251 g/mol. The molecule has 0 spiro atoms. The molecule has 0 aromatic rings. The van der Waals surface area contributed by atoms with Crippen molar-refractivity contribution in [1.29, 1.82) is 0 Å². The van der Waals surface area contributed by atoms with E-state index >= 15 is 0 Å². The third-order valence-corrected chi connectivity index (χ3v) is 4.45. The van der Waals surface area contributed by atoms with Gasteiger partial charge in [-0.3, -0.25) is 4.79 Å². The molecule has 2 fully saturated rings. The van der Waals surface area contributed by atoms with Crippen LogP contribution in [-0.2, 0) is 14.3 Å². The number of fused-ring (bicyclic) bond motifs is 1. The Hall–Kier alpha value is -1.36. The van der Waals surface area contributed by atoms with Crippen molar-refractivity contribution in [3.63, 3.8) is 0 Å². The van der Waals surface area contributed by atoms with E-state index in [1.165, 1.54) is 0 Å². The Balaban J connectivity index is 1.93. The quantitative estimate of drug-likeness (QED) is 0.546. The van der Waals surface area contributed by atoms with Crippen LogP contribution >= 0.6 is 0 Å². The van der Waals surface area contributed by atoms with Crippen molar-refractivity contribution in [2.45, 2.75) is 49.9 Å². The van der Waals surface area contributed by atoms with E-state index in [0.717, 1.165) is 19.3 Å². The first kappa shape index (κ1) is 11.7. The molecule has 0 aromatic heterocycles. The highest BCUT2D eigenvalue weighted by Crippen LogP contribution is 2.49. The van der Waals surface area contributed by atoms with Crippen molar-refractivity contribution < 1.29 is 19.4 Å². The Bertz CT molecular complexity index is 446. The molecule has 0 saturated carbocycles. The van der Waals surface area contributed by atoms with Crippen LogP contribution in [0, 0.1) is 5.92 Å². The summed E-state index contributed by atoms with van der Waals surface area (Å²) in [6.07, 6.45) is 6.01. The first-order valence-corrected chi connectivity index (χ1v) is 6.39. The fourth-order valence-electron chi connectivity index (χ4n) is 3.39. The van der Waals surface area contributed by atoms with E-state index in [4.69, 9.17) is 4.74 Å². The topological polar surface area (TPSA) is 75.6 Å². The van der Waals surface area contributed by atoms with E-state index in [-0.39, 0.29) is 18.2 Å². The van der Waals surface area contributed by atoms with Crippen LogP contribution in [0.25, 0.3) is 0 Å². The molecule has 3 rings (SSSR count). The first-order chi connectivity index (χ1) is 8.49. The molecule has 0 bridgehead atoms. The SMILES string of the molecule is C[C@]12CC(=O)N[C@@]1([C@@H](O)[C@@H]1C=CCCC1)C(=O)O2. The molecule has 5 heteroatoms. The molecule has 1 amide bonds. The van der Waals surface area contributed by atoms with Crippen molar-refractivity contribution in [1.82, 2.24) is 5.32 Å². The van der Waals surface area contributed by atoms with Crippen LogP contribution in [0.2, 0.25) is 0 Å². The van der Waals surface area contributed by atoms with Gasteiger partial charge < -0.3 is 15.2 Å². The Morgan fingerprint density at radius 1 is 1.56 bits per heavy atom. The maximum atomic E-state index is 11.8. The van der Waals surface area contributed by atoms with Crippen LogP contribution in [0.1, 0.15) is 32.6 Å². The molecule has 2 heterocycles. The third kappa shape index (κ3) is 1.25. The molecule has 4 atom stereocenters. The fourth-order valence-corrected chi connectivity index (χ4v) is 3.39. The summed E-state index contributed by atoms with van der Waals surface area (Å²) < 4.78 is 5.13.